The van der Waals surface area contributed by atoms with E-state index < -0.39 is 16.0 Å². The maximum atomic E-state index is 12.3. The van der Waals surface area contributed by atoms with E-state index in [2.05, 4.69) is 10.3 Å². The maximum absolute atomic E-state index is 12.3. The van der Waals surface area contributed by atoms with Crippen LogP contribution in [0.1, 0.15) is 22.8 Å². The molecule has 0 amide bonds. The zero-order valence-electron chi connectivity index (χ0n) is 16.9. The minimum absolute atomic E-state index is 0. The number of benzene rings is 2. The fraction of sp³-hybridized carbons (Fsp3) is 0.278. The molecule has 0 aromatic heterocycles. The second-order valence-electron chi connectivity index (χ2n) is 6.09. The monoisotopic (exact) mass is 446 g/mol. The predicted octanol–water partition coefficient (Wildman–Crippen LogP) is -0.209. The Kier molecular flexibility index (Phi) is 9.26. The predicted molar refractivity (Wildman–Crippen MR) is 105 cm³/mol. The number of halogens is 1. The van der Waals surface area contributed by atoms with Crippen molar-refractivity contribution in [3.63, 3.8) is 0 Å². The topological polar surface area (TPSA) is 105 Å². The second-order valence-corrected chi connectivity index (χ2v) is 8.68. The van der Waals surface area contributed by atoms with Crippen molar-refractivity contribution < 1.29 is 47.9 Å². The number of carboxylic acids is 1. The van der Waals surface area contributed by atoms with Crippen LogP contribution in [0.3, 0.4) is 0 Å². The van der Waals surface area contributed by atoms with E-state index in [9.17, 15) is 18.3 Å². The van der Waals surface area contributed by atoms with Gasteiger partial charge in [-0.2, -0.15) is 0 Å². The standard InChI is InChI=1S/C18H21ClN4O4S.Na/c1-5-23(21-20-16-10-13(19)7-6-12(16)2)17-9-8-14(11-15(17)18(24)25)28(26,27)22(3)4;/h6-11H,5H2,1-4H3,(H,24,25);/q;+1/p-1. The number of sulfonamides is 1. The van der Waals surface area contributed by atoms with Crippen LogP contribution in [0.25, 0.3) is 0 Å². The number of carbonyl (C=O) groups excluding carboxylic acids is 1. The van der Waals surface area contributed by atoms with Gasteiger partial charge in [-0.1, -0.05) is 22.9 Å². The van der Waals surface area contributed by atoms with E-state index in [0.29, 0.717) is 17.3 Å². The zero-order valence-corrected chi connectivity index (χ0v) is 20.5. The van der Waals surface area contributed by atoms with Crippen LogP contribution in [0.2, 0.25) is 5.02 Å². The van der Waals surface area contributed by atoms with Crippen LogP contribution in [-0.4, -0.2) is 39.3 Å². The summed E-state index contributed by atoms with van der Waals surface area (Å²) in [4.78, 5) is 11.5. The first-order chi connectivity index (χ1) is 13.1. The molecule has 0 saturated carbocycles. The Morgan fingerprint density at radius 3 is 2.38 bits per heavy atom. The average molecular weight is 447 g/mol. The average Bonchev–Trinajstić information content (AvgIpc) is 2.64. The molecular formula is C18H20ClN4NaO4S. The first-order valence-electron chi connectivity index (χ1n) is 8.31. The van der Waals surface area contributed by atoms with Crippen molar-refractivity contribution in [2.75, 3.05) is 25.6 Å². The van der Waals surface area contributed by atoms with Gasteiger partial charge >= 0.3 is 29.6 Å². The number of hydrogen-bond acceptors (Lipinski definition) is 6. The molecular weight excluding hydrogens is 427 g/mol. The van der Waals surface area contributed by atoms with E-state index in [-0.39, 0.29) is 45.7 Å². The van der Waals surface area contributed by atoms with Gasteiger partial charge < -0.3 is 9.90 Å². The maximum Gasteiger partial charge on any atom is 1.00 e. The minimum atomic E-state index is -3.79. The summed E-state index contributed by atoms with van der Waals surface area (Å²) >= 11 is 5.97. The van der Waals surface area contributed by atoms with Gasteiger partial charge in [0, 0.05) is 31.2 Å². The first kappa shape index (κ1) is 25.5. The summed E-state index contributed by atoms with van der Waals surface area (Å²) in [5.41, 5.74) is 1.25. The van der Waals surface area contributed by atoms with Crippen LogP contribution in [0.4, 0.5) is 11.4 Å². The van der Waals surface area contributed by atoms with E-state index >= 15 is 0 Å². The number of hydrogen-bond donors (Lipinski definition) is 0. The quantitative estimate of drug-likeness (QED) is 0.332. The van der Waals surface area contributed by atoms with E-state index in [4.69, 9.17) is 11.6 Å². The van der Waals surface area contributed by atoms with E-state index in [1.165, 1.54) is 31.2 Å². The van der Waals surface area contributed by atoms with Gasteiger partial charge in [-0.05, 0) is 49.7 Å². The molecule has 2 aromatic carbocycles. The number of rotatable bonds is 7. The van der Waals surface area contributed by atoms with Crippen molar-refractivity contribution in [3.05, 3.63) is 52.5 Å². The summed E-state index contributed by atoms with van der Waals surface area (Å²) < 4.78 is 25.6. The molecule has 0 aliphatic heterocycles. The summed E-state index contributed by atoms with van der Waals surface area (Å²) in [6.07, 6.45) is 0. The molecule has 0 bridgehead atoms. The Morgan fingerprint density at radius 2 is 1.83 bits per heavy atom. The van der Waals surface area contributed by atoms with Crippen LogP contribution in [-0.2, 0) is 10.0 Å². The number of aryl methyl sites for hydroxylation is 1. The van der Waals surface area contributed by atoms with Gasteiger partial charge in [0.25, 0.3) is 0 Å². The summed E-state index contributed by atoms with van der Waals surface area (Å²) in [6.45, 7) is 3.89. The minimum Gasteiger partial charge on any atom is -0.545 e. The van der Waals surface area contributed by atoms with Crippen molar-refractivity contribution in [2.24, 2.45) is 10.3 Å². The first-order valence-corrected chi connectivity index (χ1v) is 10.1. The normalized spacial score (nSPS) is 11.5. The fourth-order valence-corrected chi connectivity index (χ4v) is 3.44. The molecule has 0 saturated heterocycles. The molecule has 0 spiro atoms. The van der Waals surface area contributed by atoms with Gasteiger partial charge in [0.15, 0.2) is 0 Å². The molecule has 0 unspecified atom stereocenters. The van der Waals surface area contributed by atoms with Gasteiger partial charge in [0.2, 0.25) is 10.0 Å². The number of nitrogens with zero attached hydrogens (tertiary/aromatic N) is 4. The summed E-state index contributed by atoms with van der Waals surface area (Å²) in [6, 6.07) is 8.91. The Bertz CT molecular complexity index is 1030. The third-order valence-corrected chi connectivity index (χ3v) is 6.02. The van der Waals surface area contributed by atoms with Gasteiger partial charge in [0.1, 0.15) is 0 Å². The van der Waals surface area contributed by atoms with Crippen LogP contribution >= 0.6 is 11.6 Å². The molecule has 2 aromatic rings. The Hall–Kier alpha value is -1.49. The van der Waals surface area contributed by atoms with E-state index in [1.54, 1.807) is 25.1 Å². The molecule has 2 rings (SSSR count). The van der Waals surface area contributed by atoms with Crippen molar-refractivity contribution in [3.8, 4) is 0 Å². The van der Waals surface area contributed by atoms with Crippen molar-refractivity contribution in [1.29, 1.82) is 0 Å². The molecule has 0 atom stereocenters. The molecule has 29 heavy (non-hydrogen) atoms. The van der Waals surface area contributed by atoms with Crippen LogP contribution in [0.5, 0.6) is 0 Å². The number of anilines is 1. The Balaban J connectivity index is 0.00000420. The largest absolute Gasteiger partial charge is 1.00 e. The fourth-order valence-electron chi connectivity index (χ4n) is 2.35. The van der Waals surface area contributed by atoms with Crippen molar-refractivity contribution >= 4 is 39.0 Å². The third-order valence-electron chi connectivity index (χ3n) is 3.98. The van der Waals surface area contributed by atoms with Crippen LogP contribution < -0.4 is 39.7 Å². The van der Waals surface area contributed by atoms with Crippen molar-refractivity contribution in [1.82, 2.24) is 4.31 Å². The molecule has 150 valence electrons. The second kappa shape index (κ2) is 10.5. The number of carboxylic acid groups (broad SMARTS) is 1. The summed E-state index contributed by atoms with van der Waals surface area (Å²) in [5.74, 6) is -1.52. The van der Waals surface area contributed by atoms with Crippen LogP contribution in [0, 0.1) is 6.92 Å². The summed E-state index contributed by atoms with van der Waals surface area (Å²) in [5, 5.41) is 21.7. The molecule has 0 fully saturated rings. The summed E-state index contributed by atoms with van der Waals surface area (Å²) in [7, 11) is -1.07. The smallest absolute Gasteiger partial charge is 0.545 e. The van der Waals surface area contributed by atoms with Gasteiger partial charge in [0.05, 0.1) is 22.2 Å². The van der Waals surface area contributed by atoms with Gasteiger partial charge in [-0.15, -0.1) is 5.11 Å². The molecule has 0 aliphatic carbocycles. The van der Waals surface area contributed by atoms with Gasteiger partial charge in [-0.3, -0.25) is 0 Å². The molecule has 0 N–H and O–H groups in total. The molecule has 8 nitrogen and oxygen atoms in total. The Morgan fingerprint density at radius 1 is 1.17 bits per heavy atom. The molecule has 11 heteroatoms. The number of aromatic carboxylic acids is 1. The number of carbonyl (C=O) groups is 1. The van der Waals surface area contributed by atoms with Gasteiger partial charge in [-0.25, -0.2) is 17.7 Å². The molecule has 0 radical (unpaired) electrons. The third kappa shape index (κ3) is 6.00. The van der Waals surface area contributed by atoms with Crippen molar-refractivity contribution in [2.45, 2.75) is 18.7 Å². The SMILES string of the molecule is CCN(N=Nc1cc(Cl)ccc1C)c1ccc(S(=O)(=O)N(C)C)cc1C(=O)[O-].[Na+]. The zero-order chi connectivity index (χ0) is 21.1. The van der Waals surface area contributed by atoms with E-state index in [1.807, 2.05) is 6.92 Å². The van der Waals surface area contributed by atoms with E-state index in [0.717, 1.165) is 15.9 Å². The molecule has 0 aliphatic rings. The van der Waals surface area contributed by atoms with Crippen LogP contribution in [0.15, 0.2) is 51.6 Å². The molecule has 0 heterocycles. The Labute approximate surface area is 197 Å².